The van der Waals surface area contributed by atoms with Crippen molar-refractivity contribution in [1.29, 1.82) is 0 Å². The summed E-state index contributed by atoms with van der Waals surface area (Å²) in [7, 11) is 0. The minimum Gasteiger partial charge on any atom is -0.383 e. The van der Waals surface area contributed by atoms with Gasteiger partial charge in [-0.2, -0.15) is 0 Å². The summed E-state index contributed by atoms with van der Waals surface area (Å²) in [5.74, 6) is 0.474. The van der Waals surface area contributed by atoms with Gasteiger partial charge in [-0.3, -0.25) is 0 Å². The zero-order valence-electron chi connectivity index (χ0n) is 15.7. The number of nitrogen functional groups attached to an aromatic ring is 1. The van der Waals surface area contributed by atoms with E-state index in [9.17, 15) is 0 Å². The summed E-state index contributed by atoms with van der Waals surface area (Å²) in [6, 6.07) is 12.5. The van der Waals surface area contributed by atoms with Gasteiger partial charge in [-0.15, -0.1) is 11.3 Å². The molecule has 0 spiro atoms. The second-order valence-corrected chi connectivity index (χ2v) is 8.58. The van der Waals surface area contributed by atoms with Crippen molar-refractivity contribution in [3.8, 4) is 21.7 Å². The second kappa shape index (κ2) is 8.37. The van der Waals surface area contributed by atoms with Crippen molar-refractivity contribution >= 4 is 44.1 Å². The quantitative estimate of drug-likeness (QED) is 0.339. The summed E-state index contributed by atoms with van der Waals surface area (Å²) in [4.78, 5) is 14.8. The third-order valence-electron chi connectivity index (χ3n) is 4.81. The number of rotatable bonds is 6. The Bertz CT molecular complexity index is 1110. The van der Waals surface area contributed by atoms with E-state index in [0.717, 1.165) is 44.4 Å². The fourth-order valence-electron chi connectivity index (χ4n) is 3.53. The maximum absolute atomic E-state index is 6.32. The number of hydrogen-bond donors (Lipinski definition) is 1. The molecule has 0 saturated heterocycles. The molecule has 0 bridgehead atoms. The molecule has 3 heterocycles. The number of halogens is 1. The lowest BCUT2D eigenvalue weighted by Crippen LogP contribution is -2.04. The molecule has 4 rings (SSSR count). The highest BCUT2D eigenvalue weighted by molar-refractivity contribution is 9.10. The summed E-state index contributed by atoms with van der Waals surface area (Å²) in [5, 5.41) is 2.93. The number of pyridine rings is 1. The lowest BCUT2D eigenvalue weighted by molar-refractivity contribution is 0.718. The van der Waals surface area contributed by atoms with E-state index in [4.69, 9.17) is 10.7 Å². The molecular formula is C22H21BrN4S. The Morgan fingerprint density at radius 3 is 2.75 bits per heavy atom. The van der Waals surface area contributed by atoms with Crippen molar-refractivity contribution in [3.05, 3.63) is 58.1 Å². The molecule has 1 aromatic carbocycles. The Morgan fingerprint density at radius 1 is 1.11 bits per heavy atom. The highest BCUT2D eigenvalue weighted by Gasteiger charge is 2.21. The number of thiophene rings is 1. The lowest BCUT2D eigenvalue weighted by Gasteiger charge is -2.17. The minimum absolute atomic E-state index is 0.474. The predicted molar refractivity (Wildman–Crippen MR) is 121 cm³/mol. The molecule has 28 heavy (non-hydrogen) atoms. The first kappa shape index (κ1) is 19.0. The Morgan fingerprint density at radius 2 is 2.00 bits per heavy atom. The standard InChI is InChI=1S/C22H21BrN4S/c1-2-3-4-9-16-18(14-7-5-8-15(23)12-14)19-21(24)25-13-26-22(19)27-20(16)17-10-6-11-28-17/h5-8,10-13H,2-4,9H2,1H3,(H2,24,25,26,27). The molecule has 0 atom stereocenters. The largest absolute Gasteiger partial charge is 0.383 e. The molecule has 2 N–H and O–H groups in total. The van der Waals surface area contributed by atoms with Crippen LogP contribution in [0.25, 0.3) is 32.7 Å². The van der Waals surface area contributed by atoms with E-state index in [-0.39, 0.29) is 0 Å². The van der Waals surface area contributed by atoms with E-state index >= 15 is 0 Å². The summed E-state index contributed by atoms with van der Waals surface area (Å²) in [6.07, 6.45) is 5.90. The average molecular weight is 453 g/mol. The van der Waals surface area contributed by atoms with E-state index in [0.29, 0.717) is 11.5 Å². The molecule has 3 aromatic heterocycles. The summed E-state index contributed by atoms with van der Waals surface area (Å²) in [5.41, 5.74) is 11.4. The Hall–Kier alpha value is -2.31. The zero-order valence-corrected chi connectivity index (χ0v) is 18.1. The van der Waals surface area contributed by atoms with Crippen LogP contribution in [-0.4, -0.2) is 15.0 Å². The molecule has 0 saturated carbocycles. The van der Waals surface area contributed by atoms with Crippen molar-refractivity contribution in [1.82, 2.24) is 15.0 Å². The maximum Gasteiger partial charge on any atom is 0.165 e. The van der Waals surface area contributed by atoms with Crippen LogP contribution < -0.4 is 5.73 Å². The van der Waals surface area contributed by atoms with Gasteiger partial charge in [0.2, 0.25) is 0 Å². The Kier molecular flexibility index (Phi) is 5.69. The van der Waals surface area contributed by atoms with E-state index in [1.807, 2.05) is 12.1 Å². The van der Waals surface area contributed by atoms with Gasteiger partial charge in [-0.1, -0.05) is 53.9 Å². The fourth-order valence-corrected chi connectivity index (χ4v) is 4.67. The molecule has 0 aliphatic rings. The smallest absolute Gasteiger partial charge is 0.165 e. The number of aromatic nitrogens is 3. The van der Waals surface area contributed by atoms with Crippen LogP contribution in [0.4, 0.5) is 5.82 Å². The van der Waals surface area contributed by atoms with Crippen molar-refractivity contribution in [3.63, 3.8) is 0 Å². The highest BCUT2D eigenvalue weighted by atomic mass is 79.9. The fraction of sp³-hybridized carbons (Fsp3) is 0.227. The summed E-state index contributed by atoms with van der Waals surface area (Å²) < 4.78 is 1.03. The summed E-state index contributed by atoms with van der Waals surface area (Å²) >= 11 is 5.31. The van der Waals surface area contributed by atoms with Gasteiger partial charge in [-0.25, -0.2) is 15.0 Å². The molecule has 0 radical (unpaired) electrons. The lowest BCUT2D eigenvalue weighted by atomic mass is 9.91. The number of unbranched alkanes of at least 4 members (excludes halogenated alkanes) is 2. The van der Waals surface area contributed by atoms with E-state index in [1.165, 1.54) is 24.7 Å². The SMILES string of the molecule is CCCCCc1c(-c2cccs2)nc2ncnc(N)c2c1-c1cccc(Br)c1. The van der Waals surface area contributed by atoms with Crippen molar-refractivity contribution in [2.24, 2.45) is 0 Å². The van der Waals surface area contributed by atoms with Crippen LogP contribution in [0.2, 0.25) is 0 Å². The number of fused-ring (bicyclic) bond motifs is 1. The van der Waals surface area contributed by atoms with Crippen LogP contribution in [0.15, 0.2) is 52.6 Å². The van der Waals surface area contributed by atoms with Crippen LogP contribution in [-0.2, 0) is 6.42 Å². The summed E-state index contributed by atoms with van der Waals surface area (Å²) in [6.45, 7) is 2.22. The molecule has 0 amide bonds. The number of nitrogens with two attached hydrogens (primary N) is 1. The number of nitrogens with zero attached hydrogens (tertiary/aromatic N) is 3. The van der Waals surface area contributed by atoms with Crippen LogP contribution >= 0.6 is 27.3 Å². The number of benzene rings is 1. The first-order valence-electron chi connectivity index (χ1n) is 9.42. The molecule has 0 aliphatic carbocycles. The molecule has 4 aromatic rings. The molecule has 0 aliphatic heterocycles. The van der Waals surface area contributed by atoms with Crippen molar-refractivity contribution in [2.75, 3.05) is 5.73 Å². The van der Waals surface area contributed by atoms with Crippen molar-refractivity contribution in [2.45, 2.75) is 32.6 Å². The number of hydrogen-bond acceptors (Lipinski definition) is 5. The van der Waals surface area contributed by atoms with Gasteiger partial charge in [0.15, 0.2) is 5.65 Å². The predicted octanol–water partition coefficient (Wildman–Crippen LogP) is 6.50. The third kappa shape index (κ3) is 3.66. The topological polar surface area (TPSA) is 64.7 Å². The van der Waals surface area contributed by atoms with Crippen LogP contribution in [0.1, 0.15) is 31.7 Å². The van der Waals surface area contributed by atoms with E-state index < -0.39 is 0 Å². The van der Waals surface area contributed by atoms with Gasteiger partial charge in [0.1, 0.15) is 12.1 Å². The molecular weight excluding hydrogens is 432 g/mol. The molecule has 4 nitrogen and oxygen atoms in total. The zero-order chi connectivity index (χ0) is 19.5. The van der Waals surface area contributed by atoms with Crippen LogP contribution in [0, 0.1) is 0 Å². The minimum atomic E-state index is 0.474. The first-order valence-corrected chi connectivity index (χ1v) is 11.1. The van der Waals surface area contributed by atoms with Crippen LogP contribution in [0.3, 0.4) is 0 Å². The normalized spacial score (nSPS) is 11.2. The van der Waals surface area contributed by atoms with Crippen LogP contribution in [0.5, 0.6) is 0 Å². The molecule has 0 fully saturated rings. The van der Waals surface area contributed by atoms with E-state index in [1.54, 1.807) is 11.3 Å². The van der Waals surface area contributed by atoms with E-state index in [2.05, 4.69) is 62.5 Å². The monoisotopic (exact) mass is 452 g/mol. The van der Waals surface area contributed by atoms with Gasteiger partial charge in [0.05, 0.1) is 16.0 Å². The Labute approximate surface area is 177 Å². The van der Waals surface area contributed by atoms with Gasteiger partial charge in [-0.05, 0) is 47.5 Å². The maximum atomic E-state index is 6.32. The highest BCUT2D eigenvalue weighted by Crippen LogP contribution is 2.40. The molecule has 6 heteroatoms. The third-order valence-corrected chi connectivity index (χ3v) is 6.18. The van der Waals surface area contributed by atoms with Gasteiger partial charge >= 0.3 is 0 Å². The first-order chi connectivity index (χ1) is 13.7. The molecule has 0 unspecified atom stereocenters. The Balaban J connectivity index is 2.07. The number of anilines is 1. The van der Waals surface area contributed by atoms with Gasteiger partial charge in [0, 0.05) is 10.0 Å². The molecule has 142 valence electrons. The van der Waals surface area contributed by atoms with Gasteiger partial charge < -0.3 is 5.73 Å². The van der Waals surface area contributed by atoms with Crippen molar-refractivity contribution < 1.29 is 0 Å². The second-order valence-electron chi connectivity index (χ2n) is 6.72. The average Bonchev–Trinajstić information content (AvgIpc) is 3.22. The van der Waals surface area contributed by atoms with Gasteiger partial charge in [0.25, 0.3) is 0 Å².